The predicted molar refractivity (Wildman–Crippen MR) is 47.2 cm³/mol. The molecule has 0 amide bonds. The fourth-order valence-corrected chi connectivity index (χ4v) is 3.17. The van der Waals surface area contributed by atoms with Gasteiger partial charge in [-0.1, -0.05) is 13.8 Å². The molecule has 2 rings (SSSR count). The summed E-state index contributed by atoms with van der Waals surface area (Å²) in [4.78, 5) is 0. The maximum atomic E-state index is 5.96. The van der Waals surface area contributed by atoms with Gasteiger partial charge in [-0.15, -0.1) is 0 Å². The van der Waals surface area contributed by atoms with Crippen molar-refractivity contribution in [2.45, 2.75) is 45.6 Å². The Kier molecular flexibility index (Phi) is 1.54. The van der Waals surface area contributed by atoms with E-state index < -0.39 is 0 Å². The van der Waals surface area contributed by atoms with Gasteiger partial charge in [-0.2, -0.15) is 0 Å². The zero-order valence-corrected chi connectivity index (χ0v) is 7.64. The Morgan fingerprint density at radius 3 is 1.91 bits per heavy atom. The second-order valence-electron chi connectivity index (χ2n) is 5.03. The van der Waals surface area contributed by atoms with E-state index in [1.54, 1.807) is 0 Å². The molecule has 1 spiro atoms. The number of hydrogen-bond donors (Lipinski definition) is 1. The molecule has 3 unspecified atom stereocenters. The van der Waals surface area contributed by atoms with Gasteiger partial charge in [0, 0.05) is 6.04 Å². The minimum absolute atomic E-state index is 0.549. The van der Waals surface area contributed by atoms with Gasteiger partial charge in [0.25, 0.3) is 0 Å². The van der Waals surface area contributed by atoms with Crippen LogP contribution in [0.1, 0.15) is 39.5 Å². The summed E-state index contributed by atoms with van der Waals surface area (Å²) in [5.41, 5.74) is 6.56. The molecule has 0 bridgehead atoms. The van der Waals surface area contributed by atoms with Gasteiger partial charge in [0.15, 0.2) is 0 Å². The van der Waals surface area contributed by atoms with Crippen molar-refractivity contribution in [1.82, 2.24) is 0 Å². The lowest BCUT2D eigenvalue weighted by molar-refractivity contribution is 0.196. The molecule has 0 aliphatic heterocycles. The summed E-state index contributed by atoms with van der Waals surface area (Å²) >= 11 is 0. The highest BCUT2D eigenvalue weighted by atomic mass is 14.8. The average molecular weight is 153 g/mol. The van der Waals surface area contributed by atoms with E-state index in [0.717, 1.165) is 11.8 Å². The summed E-state index contributed by atoms with van der Waals surface area (Å²) in [6, 6.07) is 0.549. The monoisotopic (exact) mass is 153 g/mol. The molecule has 2 aliphatic carbocycles. The van der Waals surface area contributed by atoms with E-state index in [1.807, 2.05) is 0 Å². The third-order valence-electron chi connectivity index (χ3n) is 3.57. The largest absolute Gasteiger partial charge is 0.327 e. The molecule has 11 heavy (non-hydrogen) atoms. The molecule has 0 aromatic rings. The van der Waals surface area contributed by atoms with Crippen LogP contribution >= 0.6 is 0 Å². The normalized spacial score (nSPS) is 56.5. The summed E-state index contributed by atoms with van der Waals surface area (Å²) < 4.78 is 0. The van der Waals surface area contributed by atoms with Crippen molar-refractivity contribution < 1.29 is 0 Å². The van der Waals surface area contributed by atoms with E-state index in [1.165, 1.54) is 25.7 Å². The van der Waals surface area contributed by atoms with Gasteiger partial charge >= 0.3 is 0 Å². The van der Waals surface area contributed by atoms with Crippen LogP contribution in [-0.4, -0.2) is 6.04 Å². The summed E-state index contributed by atoms with van der Waals surface area (Å²) in [5.74, 6) is 1.85. The highest BCUT2D eigenvalue weighted by Gasteiger charge is 2.54. The van der Waals surface area contributed by atoms with Crippen LogP contribution in [0.2, 0.25) is 0 Å². The van der Waals surface area contributed by atoms with Crippen LogP contribution in [0.4, 0.5) is 0 Å². The van der Waals surface area contributed by atoms with Crippen molar-refractivity contribution in [2.75, 3.05) is 0 Å². The molecule has 0 radical (unpaired) electrons. The molecule has 1 nitrogen and oxygen atoms in total. The SMILES string of the molecule is CC1CC(C)CC2(C1)CC2N. The lowest BCUT2D eigenvalue weighted by Gasteiger charge is -2.32. The van der Waals surface area contributed by atoms with Gasteiger partial charge in [0.05, 0.1) is 0 Å². The second-order valence-corrected chi connectivity index (χ2v) is 5.03. The minimum atomic E-state index is 0.549. The molecule has 0 heterocycles. The third-order valence-corrected chi connectivity index (χ3v) is 3.57. The Morgan fingerprint density at radius 1 is 1.09 bits per heavy atom. The summed E-state index contributed by atoms with van der Waals surface area (Å²) in [7, 11) is 0. The number of nitrogens with two attached hydrogens (primary N) is 1. The Labute approximate surface area is 69.4 Å². The van der Waals surface area contributed by atoms with Crippen molar-refractivity contribution in [3.05, 3.63) is 0 Å². The van der Waals surface area contributed by atoms with Crippen LogP contribution in [0.5, 0.6) is 0 Å². The standard InChI is InChI=1S/C10H19N/c1-7-3-8(2)5-10(4-7)6-9(10)11/h7-9H,3-6,11H2,1-2H3. The van der Waals surface area contributed by atoms with Gasteiger partial charge in [0.2, 0.25) is 0 Å². The summed E-state index contributed by atoms with van der Waals surface area (Å²) in [5, 5.41) is 0. The fraction of sp³-hybridized carbons (Fsp3) is 1.00. The van der Waals surface area contributed by atoms with E-state index in [4.69, 9.17) is 5.73 Å². The molecule has 1 heteroatoms. The third kappa shape index (κ3) is 1.20. The van der Waals surface area contributed by atoms with Gasteiger partial charge < -0.3 is 5.73 Å². The molecule has 2 fully saturated rings. The zero-order chi connectivity index (χ0) is 8.06. The first-order valence-corrected chi connectivity index (χ1v) is 4.88. The average Bonchev–Trinajstić information content (AvgIpc) is 2.37. The maximum absolute atomic E-state index is 5.96. The second kappa shape index (κ2) is 2.22. The van der Waals surface area contributed by atoms with E-state index in [2.05, 4.69) is 13.8 Å². The first-order valence-electron chi connectivity index (χ1n) is 4.88. The van der Waals surface area contributed by atoms with Crippen LogP contribution in [0.25, 0.3) is 0 Å². The van der Waals surface area contributed by atoms with Crippen molar-refractivity contribution in [1.29, 1.82) is 0 Å². The van der Waals surface area contributed by atoms with Gasteiger partial charge in [0.1, 0.15) is 0 Å². The minimum Gasteiger partial charge on any atom is -0.327 e. The van der Waals surface area contributed by atoms with Crippen molar-refractivity contribution >= 4 is 0 Å². The highest BCUT2D eigenvalue weighted by Crippen LogP contribution is 2.57. The first-order chi connectivity index (χ1) is 5.12. The fourth-order valence-electron chi connectivity index (χ4n) is 3.17. The van der Waals surface area contributed by atoms with Crippen LogP contribution in [-0.2, 0) is 0 Å². The topological polar surface area (TPSA) is 26.0 Å². The molecule has 64 valence electrons. The van der Waals surface area contributed by atoms with Gasteiger partial charge in [-0.3, -0.25) is 0 Å². The molecule has 2 N–H and O–H groups in total. The first kappa shape index (κ1) is 7.60. The molecule has 3 atom stereocenters. The van der Waals surface area contributed by atoms with Crippen molar-refractivity contribution in [3.8, 4) is 0 Å². The van der Waals surface area contributed by atoms with Gasteiger partial charge in [-0.05, 0) is 42.9 Å². The lowest BCUT2D eigenvalue weighted by Crippen LogP contribution is -2.25. The van der Waals surface area contributed by atoms with Crippen LogP contribution < -0.4 is 5.73 Å². The van der Waals surface area contributed by atoms with E-state index >= 15 is 0 Å². The van der Waals surface area contributed by atoms with Crippen molar-refractivity contribution in [2.24, 2.45) is 23.0 Å². The summed E-state index contributed by atoms with van der Waals surface area (Å²) in [6.45, 7) is 4.75. The Bertz CT molecular complexity index is 154. The van der Waals surface area contributed by atoms with E-state index in [0.29, 0.717) is 11.5 Å². The highest BCUT2D eigenvalue weighted by molar-refractivity contribution is 5.08. The molecule has 0 saturated heterocycles. The molecular weight excluding hydrogens is 134 g/mol. The molecular formula is C10H19N. The molecule has 0 aromatic carbocycles. The van der Waals surface area contributed by atoms with Gasteiger partial charge in [-0.25, -0.2) is 0 Å². The van der Waals surface area contributed by atoms with E-state index in [-0.39, 0.29) is 0 Å². The quantitative estimate of drug-likeness (QED) is 0.567. The molecule has 2 aliphatic rings. The van der Waals surface area contributed by atoms with Crippen LogP contribution in [0.15, 0.2) is 0 Å². The summed E-state index contributed by atoms with van der Waals surface area (Å²) in [6.07, 6.45) is 5.53. The van der Waals surface area contributed by atoms with Crippen LogP contribution in [0, 0.1) is 17.3 Å². The van der Waals surface area contributed by atoms with Crippen molar-refractivity contribution in [3.63, 3.8) is 0 Å². The smallest absolute Gasteiger partial charge is 0.0102 e. The predicted octanol–water partition coefficient (Wildman–Crippen LogP) is 2.16. The van der Waals surface area contributed by atoms with E-state index in [9.17, 15) is 0 Å². The molecule has 2 saturated carbocycles. The Hall–Kier alpha value is -0.0400. The number of rotatable bonds is 0. The maximum Gasteiger partial charge on any atom is 0.0102 e. The van der Waals surface area contributed by atoms with Crippen LogP contribution in [0.3, 0.4) is 0 Å². The molecule has 0 aromatic heterocycles. The Balaban J connectivity index is 2.03. The number of hydrogen-bond acceptors (Lipinski definition) is 1. The zero-order valence-electron chi connectivity index (χ0n) is 7.64. The lowest BCUT2D eigenvalue weighted by atomic mass is 9.74. The Morgan fingerprint density at radius 2 is 1.55 bits per heavy atom.